The summed E-state index contributed by atoms with van der Waals surface area (Å²) < 4.78 is 0. The van der Waals surface area contributed by atoms with Gasteiger partial charge in [0.1, 0.15) is 0 Å². The maximum atomic E-state index is 10.6. The van der Waals surface area contributed by atoms with Crippen LogP contribution in [0.4, 0.5) is 0 Å². The first-order chi connectivity index (χ1) is 6.52. The van der Waals surface area contributed by atoms with Crippen LogP contribution in [0.25, 0.3) is 6.08 Å². The van der Waals surface area contributed by atoms with Crippen LogP contribution in [-0.2, 0) is 4.79 Å². The molecule has 0 aliphatic heterocycles. The minimum absolute atomic E-state index is 0.169. The van der Waals surface area contributed by atoms with Gasteiger partial charge in [0.25, 0.3) is 0 Å². The number of phenols is 3. The van der Waals surface area contributed by atoms with E-state index in [-0.39, 0.29) is 11.3 Å². The molecule has 1 aromatic rings. The monoisotopic (exact) mass is 194 g/mol. The lowest BCUT2D eigenvalue weighted by atomic mass is 10.1. The maximum absolute atomic E-state index is 10.6. The van der Waals surface area contributed by atoms with E-state index in [0.717, 1.165) is 0 Å². The molecule has 0 atom stereocenters. The van der Waals surface area contributed by atoms with Crippen LogP contribution in [0.3, 0.4) is 0 Å². The first-order valence-electron chi connectivity index (χ1n) is 3.95. The first-order valence-corrected chi connectivity index (χ1v) is 3.95. The fourth-order valence-electron chi connectivity index (χ4n) is 0.926. The molecule has 0 amide bonds. The van der Waals surface area contributed by atoms with E-state index in [4.69, 9.17) is 10.2 Å². The van der Waals surface area contributed by atoms with Gasteiger partial charge in [0, 0.05) is 5.56 Å². The van der Waals surface area contributed by atoms with Crippen LogP contribution in [0.5, 0.6) is 17.2 Å². The molecule has 0 aliphatic rings. The van der Waals surface area contributed by atoms with Crippen LogP contribution in [0.2, 0.25) is 0 Å². The smallest absolute Gasteiger partial charge is 0.200 e. The molecule has 4 heteroatoms. The Morgan fingerprint density at radius 2 is 1.86 bits per heavy atom. The topological polar surface area (TPSA) is 77.8 Å². The molecule has 0 unspecified atom stereocenters. The highest BCUT2D eigenvalue weighted by molar-refractivity contribution is 5.92. The Bertz CT molecular complexity index is 393. The van der Waals surface area contributed by atoms with Gasteiger partial charge in [0.15, 0.2) is 17.3 Å². The van der Waals surface area contributed by atoms with Crippen molar-refractivity contribution < 1.29 is 20.1 Å². The van der Waals surface area contributed by atoms with Gasteiger partial charge in [-0.15, -0.1) is 0 Å². The second kappa shape index (κ2) is 3.83. The minimum atomic E-state index is -0.587. The third-order valence-electron chi connectivity index (χ3n) is 1.66. The molecule has 0 spiro atoms. The summed E-state index contributed by atoms with van der Waals surface area (Å²) in [6, 6.07) is 2.62. The van der Waals surface area contributed by atoms with Crippen molar-refractivity contribution in [3.05, 3.63) is 23.8 Å². The number of carbonyl (C=O) groups excluding carboxylic acids is 1. The number of hydrogen-bond acceptors (Lipinski definition) is 4. The van der Waals surface area contributed by atoms with Gasteiger partial charge in [-0.25, -0.2) is 0 Å². The number of rotatable bonds is 2. The second-order valence-corrected chi connectivity index (χ2v) is 2.82. The number of hydrogen-bond donors (Lipinski definition) is 3. The van der Waals surface area contributed by atoms with E-state index in [0.29, 0.717) is 0 Å². The number of phenolic OH excluding ortho intramolecular Hbond substituents is 3. The van der Waals surface area contributed by atoms with E-state index in [2.05, 4.69) is 0 Å². The largest absolute Gasteiger partial charge is 0.504 e. The number of carbonyl (C=O) groups is 1. The third-order valence-corrected chi connectivity index (χ3v) is 1.66. The Morgan fingerprint density at radius 3 is 2.43 bits per heavy atom. The van der Waals surface area contributed by atoms with E-state index < -0.39 is 17.2 Å². The van der Waals surface area contributed by atoms with E-state index >= 15 is 0 Å². The average molecular weight is 194 g/mol. The van der Waals surface area contributed by atoms with Crippen LogP contribution in [0.15, 0.2) is 18.2 Å². The normalized spacial score (nSPS) is 10.6. The number of ketones is 1. The molecule has 0 fully saturated rings. The Morgan fingerprint density at radius 1 is 1.21 bits per heavy atom. The fourth-order valence-corrected chi connectivity index (χ4v) is 0.926. The molecular formula is C10H10O4. The molecule has 1 aromatic carbocycles. The molecule has 0 saturated heterocycles. The molecule has 1 rings (SSSR count). The molecule has 74 valence electrons. The molecule has 0 aromatic heterocycles. The number of aromatic hydroxyl groups is 3. The van der Waals surface area contributed by atoms with Gasteiger partial charge in [-0.3, -0.25) is 4.79 Å². The lowest BCUT2D eigenvalue weighted by Crippen LogP contribution is -1.81. The molecule has 0 bridgehead atoms. The van der Waals surface area contributed by atoms with Crippen molar-refractivity contribution in [2.45, 2.75) is 6.92 Å². The minimum Gasteiger partial charge on any atom is -0.504 e. The zero-order valence-electron chi connectivity index (χ0n) is 7.56. The average Bonchev–Trinajstić information content (AvgIpc) is 2.13. The third kappa shape index (κ3) is 2.04. The van der Waals surface area contributed by atoms with Crippen molar-refractivity contribution in [1.82, 2.24) is 0 Å². The Labute approximate surface area is 80.7 Å². The quantitative estimate of drug-likeness (QED) is 0.491. The molecule has 14 heavy (non-hydrogen) atoms. The molecule has 0 radical (unpaired) electrons. The van der Waals surface area contributed by atoms with Gasteiger partial charge >= 0.3 is 0 Å². The summed E-state index contributed by atoms with van der Waals surface area (Å²) in [7, 11) is 0. The molecule has 0 saturated carbocycles. The van der Waals surface area contributed by atoms with Gasteiger partial charge in [0.05, 0.1) is 0 Å². The van der Waals surface area contributed by atoms with Crippen LogP contribution >= 0.6 is 0 Å². The molecule has 4 nitrogen and oxygen atoms in total. The summed E-state index contributed by atoms with van der Waals surface area (Å²) in [5.74, 6) is -1.60. The predicted molar refractivity (Wildman–Crippen MR) is 51.2 cm³/mol. The SMILES string of the molecule is CC(=O)/C=C/c1ccc(O)c(O)c1O. The summed E-state index contributed by atoms with van der Waals surface area (Å²) in [4.78, 5) is 10.6. The van der Waals surface area contributed by atoms with Crippen LogP contribution in [-0.4, -0.2) is 21.1 Å². The summed E-state index contributed by atoms with van der Waals surface area (Å²) >= 11 is 0. The Kier molecular flexibility index (Phi) is 2.76. The van der Waals surface area contributed by atoms with Crippen molar-refractivity contribution in [2.75, 3.05) is 0 Å². The summed E-state index contributed by atoms with van der Waals surface area (Å²) in [5, 5.41) is 27.5. The van der Waals surface area contributed by atoms with Crippen LogP contribution in [0.1, 0.15) is 12.5 Å². The molecule has 3 N–H and O–H groups in total. The van der Waals surface area contributed by atoms with E-state index in [9.17, 15) is 9.90 Å². The van der Waals surface area contributed by atoms with E-state index in [1.165, 1.54) is 31.2 Å². The highest BCUT2D eigenvalue weighted by Gasteiger charge is 2.08. The standard InChI is InChI=1S/C10H10O4/c1-6(11)2-3-7-4-5-8(12)10(14)9(7)13/h2-5,12-14H,1H3/b3-2+. The highest BCUT2D eigenvalue weighted by atomic mass is 16.3. The highest BCUT2D eigenvalue weighted by Crippen LogP contribution is 2.37. The van der Waals surface area contributed by atoms with Crippen molar-refractivity contribution in [3.8, 4) is 17.2 Å². The summed E-state index contributed by atoms with van der Waals surface area (Å²) in [6.07, 6.45) is 2.61. The van der Waals surface area contributed by atoms with Gasteiger partial charge < -0.3 is 15.3 Å². The van der Waals surface area contributed by atoms with Gasteiger partial charge in [-0.2, -0.15) is 0 Å². The van der Waals surface area contributed by atoms with Crippen molar-refractivity contribution in [2.24, 2.45) is 0 Å². The number of benzene rings is 1. The van der Waals surface area contributed by atoms with Gasteiger partial charge in [-0.05, 0) is 31.2 Å². The zero-order valence-corrected chi connectivity index (χ0v) is 7.56. The Hall–Kier alpha value is -1.97. The lowest BCUT2D eigenvalue weighted by molar-refractivity contribution is -0.112. The van der Waals surface area contributed by atoms with Gasteiger partial charge in [0.2, 0.25) is 5.75 Å². The van der Waals surface area contributed by atoms with Crippen LogP contribution in [0, 0.1) is 0 Å². The molecule has 0 heterocycles. The van der Waals surface area contributed by atoms with Crippen molar-refractivity contribution in [3.63, 3.8) is 0 Å². The molecular weight excluding hydrogens is 184 g/mol. The van der Waals surface area contributed by atoms with Crippen LogP contribution < -0.4 is 0 Å². The molecule has 0 aliphatic carbocycles. The second-order valence-electron chi connectivity index (χ2n) is 2.82. The van der Waals surface area contributed by atoms with Crippen molar-refractivity contribution >= 4 is 11.9 Å². The Balaban J connectivity index is 3.12. The lowest BCUT2D eigenvalue weighted by Gasteiger charge is -2.02. The zero-order chi connectivity index (χ0) is 10.7. The fraction of sp³-hybridized carbons (Fsp3) is 0.100. The summed E-state index contributed by atoms with van der Waals surface area (Å²) in [5.41, 5.74) is 0.274. The van der Waals surface area contributed by atoms with Crippen molar-refractivity contribution in [1.29, 1.82) is 0 Å². The van der Waals surface area contributed by atoms with E-state index in [1.54, 1.807) is 0 Å². The van der Waals surface area contributed by atoms with E-state index in [1.807, 2.05) is 0 Å². The number of allylic oxidation sites excluding steroid dienone is 1. The predicted octanol–water partition coefficient (Wildman–Crippen LogP) is 1.41. The first kappa shape index (κ1) is 10.1. The maximum Gasteiger partial charge on any atom is 0.200 e. The van der Waals surface area contributed by atoms with Gasteiger partial charge in [-0.1, -0.05) is 0 Å². The summed E-state index contributed by atoms with van der Waals surface area (Å²) in [6.45, 7) is 1.37.